The van der Waals surface area contributed by atoms with Crippen LogP contribution in [0.25, 0.3) is 10.4 Å². The summed E-state index contributed by atoms with van der Waals surface area (Å²) >= 11 is 1.29. The second-order valence-electron chi connectivity index (χ2n) is 5.67. The molecule has 0 bridgehead atoms. The Balaban J connectivity index is 1.72. The third-order valence-electron chi connectivity index (χ3n) is 3.87. The van der Waals surface area contributed by atoms with Gasteiger partial charge in [0.15, 0.2) is 11.5 Å². The molecule has 1 atom stereocenters. The van der Waals surface area contributed by atoms with Crippen molar-refractivity contribution < 1.29 is 28.9 Å². The van der Waals surface area contributed by atoms with Gasteiger partial charge in [0.05, 0.1) is 4.88 Å². The number of hydrogen-bond acceptors (Lipinski definition) is 6. The van der Waals surface area contributed by atoms with Gasteiger partial charge in [-0.2, -0.15) is 0 Å². The van der Waals surface area contributed by atoms with Crippen LogP contribution in [0, 0.1) is 0 Å². The van der Waals surface area contributed by atoms with E-state index >= 15 is 0 Å². The van der Waals surface area contributed by atoms with Crippen LogP contribution >= 0.6 is 11.3 Å². The second-order valence-corrected chi connectivity index (χ2v) is 6.75. The van der Waals surface area contributed by atoms with E-state index in [1.807, 2.05) is 24.3 Å². The van der Waals surface area contributed by atoms with Crippen LogP contribution in [0.1, 0.15) is 16.1 Å². The molecule has 0 saturated heterocycles. The van der Waals surface area contributed by atoms with Crippen molar-refractivity contribution in [3.05, 3.63) is 35.2 Å². The molecule has 2 N–H and O–H groups in total. The van der Waals surface area contributed by atoms with Crippen molar-refractivity contribution in [3.8, 4) is 21.9 Å². The van der Waals surface area contributed by atoms with E-state index in [0.29, 0.717) is 29.6 Å². The highest BCUT2D eigenvalue weighted by molar-refractivity contribution is 7.17. The number of carboxylic acid groups (broad SMARTS) is 1. The molecule has 1 aromatic carbocycles. The van der Waals surface area contributed by atoms with Crippen molar-refractivity contribution in [1.29, 1.82) is 0 Å². The van der Waals surface area contributed by atoms with E-state index in [-0.39, 0.29) is 13.0 Å². The number of carboxylic acids is 1. The number of thiophene rings is 1. The maximum Gasteiger partial charge on any atom is 0.326 e. The molecule has 26 heavy (non-hydrogen) atoms. The predicted molar refractivity (Wildman–Crippen MR) is 96.1 cm³/mol. The number of carbonyl (C=O) groups is 2. The van der Waals surface area contributed by atoms with Crippen LogP contribution in [-0.4, -0.2) is 50.0 Å². The third kappa shape index (κ3) is 4.14. The minimum absolute atomic E-state index is 0.206. The molecule has 2 aromatic rings. The molecule has 1 aromatic heterocycles. The van der Waals surface area contributed by atoms with E-state index in [2.05, 4.69) is 5.32 Å². The summed E-state index contributed by atoms with van der Waals surface area (Å²) in [6.07, 6.45) is 0.206. The normalized spacial score (nSPS) is 13.9. The van der Waals surface area contributed by atoms with Crippen LogP contribution in [0.4, 0.5) is 0 Å². The van der Waals surface area contributed by atoms with Gasteiger partial charge >= 0.3 is 5.97 Å². The number of rotatable bonds is 7. The summed E-state index contributed by atoms with van der Waals surface area (Å²) < 4.78 is 16.0. The van der Waals surface area contributed by atoms with Crippen LogP contribution in [0.3, 0.4) is 0 Å². The van der Waals surface area contributed by atoms with Crippen molar-refractivity contribution in [2.75, 3.05) is 26.9 Å². The zero-order valence-electron chi connectivity index (χ0n) is 14.2. The summed E-state index contributed by atoms with van der Waals surface area (Å²) in [5, 5.41) is 11.7. The smallest absolute Gasteiger partial charge is 0.326 e. The van der Waals surface area contributed by atoms with Crippen molar-refractivity contribution >= 4 is 23.2 Å². The number of fused-ring (bicyclic) bond motifs is 1. The van der Waals surface area contributed by atoms with Crippen LogP contribution in [0.5, 0.6) is 11.5 Å². The number of aliphatic carboxylic acids is 1. The van der Waals surface area contributed by atoms with Gasteiger partial charge in [0.1, 0.15) is 19.3 Å². The summed E-state index contributed by atoms with van der Waals surface area (Å²) in [5.41, 5.74) is 0.910. The summed E-state index contributed by atoms with van der Waals surface area (Å²) in [4.78, 5) is 24.9. The van der Waals surface area contributed by atoms with Crippen LogP contribution in [0.2, 0.25) is 0 Å². The maximum atomic E-state index is 12.4. The van der Waals surface area contributed by atoms with E-state index in [0.717, 1.165) is 10.4 Å². The Hall–Kier alpha value is -2.58. The standard InChI is InChI=1S/C18H19NO6S/c1-23-7-6-12(18(21)22)19-17(20)16-5-4-15(26-16)11-2-3-13-14(10-11)25-9-8-24-13/h2-5,10,12H,6-9H2,1H3,(H,19,20)(H,21,22). The Morgan fingerprint density at radius 1 is 1.23 bits per heavy atom. The predicted octanol–water partition coefficient (Wildman–Crippen LogP) is 2.41. The molecular weight excluding hydrogens is 358 g/mol. The molecule has 0 aliphatic carbocycles. The molecule has 1 aliphatic heterocycles. The lowest BCUT2D eigenvalue weighted by atomic mass is 10.1. The first-order chi connectivity index (χ1) is 12.6. The van der Waals surface area contributed by atoms with E-state index < -0.39 is 17.9 Å². The van der Waals surface area contributed by atoms with E-state index in [9.17, 15) is 14.7 Å². The van der Waals surface area contributed by atoms with Gasteiger partial charge in [-0.3, -0.25) is 4.79 Å². The molecule has 0 fully saturated rings. The molecule has 8 heteroatoms. The van der Waals surface area contributed by atoms with Gasteiger partial charge in [-0.1, -0.05) is 0 Å². The van der Waals surface area contributed by atoms with Gasteiger partial charge in [-0.05, 0) is 35.9 Å². The largest absolute Gasteiger partial charge is 0.486 e. The number of nitrogens with one attached hydrogen (secondary N) is 1. The zero-order chi connectivity index (χ0) is 18.5. The number of carbonyl (C=O) groups excluding carboxylic acids is 1. The SMILES string of the molecule is COCCC(NC(=O)c1ccc(-c2ccc3c(c2)OCCO3)s1)C(=O)O. The van der Waals surface area contributed by atoms with Gasteiger partial charge < -0.3 is 24.6 Å². The average Bonchev–Trinajstić information content (AvgIpc) is 3.14. The molecule has 7 nitrogen and oxygen atoms in total. The average molecular weight is 377 g/mol. The minimum atomic E-state index is -1.08. The zero-order valence-corrected chi connectivity index (χ0v) is 15.0. The quantitative estimate of drug-likeness (QED) is 0.770. The summed E-state index contributed by atoms with van der Waals surface area (Å²) in [5.74, 6) is -0.114. The topological polar surface area (TPSA) is 94.1 Å². The fraction of sp³-hybridized carbons (Fsp3) is 0.333. The van der Waals surface area contributed by atoms with Gasteiger partial charge in [0, 0.05) is 25.0 Å². The number of methoxy groups -OCH3 is 1. The highest BCUT2D eigenvalue weighted by Gasteiger charge is 2.21. The first-order valence-electron chi connectivity index (χ1n) is 8.11. The Morgan fingerprint density at radius 2 is 2.00 bits per heavy atom. The first kappa shape index (κ1) is 18.2. The lowest BCUT2D eigenvalue weighted by Crippen LogP contribution is -2.41. The lowest BCUT2D eigenvalue weighted by Gasteiger charge is -2.18. The molecule has 1 aliphatic rings. The first-order valence-corrected chi connectivity index (χ1v) is 8.92. The third-order valence-corrected chi connectivity index (χ3v) is 5.00. The van der Waals surface area contributed by atoms with Gasteiger partial charge in [0.25, 0.3) is 5.91 Å². The van der Waals surface area contributed by atoms with Crippen LogP contribution < -0.4 is 14.8 Å². The van der Waals surface area contributed by atoms with E-state index in [1.165, 1.54) is 18.4 Å². The molecule has 138 valence electrons. The number of benzene rings is 1. The number of hydrogen-bond donors (Lipinski definition) is 2. The van der Waals surface area contributed by atoms with Crippen molar-refractivity contribution in [2.24, 2.45) is 0 Å². The number of amides is 1. The Morgan fingerprint density at radius 3 is 2.73 bits per heavy atom. The second kappa shape index (κ2) is 8.20. The van der Waals surface area contributed by atoms with Gasteiger partial charge in [-0.25, -0.2) is 4.79 Å². The highest BCUT2D eigenvalue weighted by Crippen LogP contribution is 2.36. The van der Waals surface area contributed by atoms with Crippen LogP contribution in [-0.2, 0) is 9.53 Å². The fourth-order valence-electron chi connectivity index (χ4n) is 2.53. The van der Waals surface area contributed by atoms with Crippen molar-refractivity contribution in [1.82, 2.24) is 5.32 Å². The lowest BCUT2D eigenvalue weighted by molar-refractivity contribution is -0.139. The Labute approximate surface area is 154 Å². The van der Waals surface area contributed by atoms with Gasteiger partial charge in [0.2, 0.25) is 0 Å². The molecule has 0 spiro atoms. The minimum Gasteiger partial charge on any atom is -0.486 e. The molecule has 1 unspecified atom stereocenters. The van der Waals surface area contributed by atoms with Crippen molar-refractivity contribution in [3.63, 3.8) is 0 Å². The summed E-state index contributed by atoms with van der Waals surface area (Å²) in [6.45, 7) is 1.29. The monoisotopic (exact) mass is 377 g/mol. The van der Waals surface area contributed by atoms with E-state index in [1.54, 1.807) is 6.07 Å². The van der Waals surface area contributed by atoms with Crippen LogP contribution in [0.15, 0.2) is 30.3 Å². The summed E-state index contributed by atoms with van der Waals surface area (Å²) in [7, 11) is 1.49. The van der Waals surface area contributed by atoms with Crippen molar-refractivity contribution in [2.45, 2.75) is 12.5 Å². The maximum absolute atomic E-state index is 12.4. The molecule has 0 saturated carbocycles. The Kier molecular flexibility index (Phi) is 5.75. The molecule has 1 amide bonds. The molecular formula is C18H19NO6S. The summed E-state index contributed by atoms with van der Waals surface area (Å²) in [6, 6.07) is 8.15. The molecule has 0 radical (unpaired) electrons. The fourth-order valence-corrected chi connectivity index (χ4v) is 3.44. The highest BCUT2D eigenvalue weighted by atomic mass is 32.1. The number of ether oxygens (including phenoxy) is 3. The molecule has 2 heterocycles. The Bertz CT molecular complexity index is 803. The van der Waals surface area contributed by atoms with Gasteiger partial charge in [-0.15, -0.1) is 11.3 Å². The van der Waals surface area contributed by atoms with E-state index in [4.69, 9.17) is 14.2 Å². The molecule has 3 rings (SSSR count).